The summed E-state index contributed by atoms with van der Waals surface area (Å²) in [5.41, 5.74) is -0.0986. The van der Waals surface area contributed by atoms with Gasteiger partial charge >= 0.3 is 5.97 Å². The van der Waals surface area contributed by atoms with Crippen LogP contribution in [0.1, 0.15) is 60.9 Å². The highest BCUT2D eigenvalue weighted by Gasteiger charge is 2.52. The van der Waals surface area contributed by atoms with Crippen LogP contribution in [0.15, 0.2) is 40.9 Å². The minimum absolute atomic E-state index is 0.0193. The number of hydrogen-bond donors (Lipinski definition) is 1. The third-order valence-electron chi connectivity index (χ3n) is 7.24. The SMILES string of the molecule is CC(C)(F)c1onc(-c2c(Cl)cc(Cl)cc2Cl)c1C(=O)N1CC(C)(C2CC2)c2c(/C=C/C(=O)O)cccc21. The second-order valence-electron chi connectivity index (χ2n) is 10.4. The van der Waals surface area contributed by atoms with E-state index in [1.54, 1.807) is 17.0 Å². The number of carboxylic acid groups (broad SMARTS) is 1. The molecule has 1 aliphatic heterocycles. The third kappa shape index (κ3) is 4.51. The lowest BCUT2D eigenvalue weighted by molar-refractivity contribution is -0.131. The van der Waals surface area contributed by atoms with Crippen LogP contribution in [0.5, 0.6) is 0 Å². The number of rotatable bonds is 6. The highest BCUT2D eigenvalue weighted by Crippen LogP contribution is 2.56. The Hall–Kier alpha value is -2.87. The molecule has 1 aliphatic carbocycles. The standard InChI is InChI=1S/C28H24Cl3FN2O4/c1-27(2,32)25-22(24(33-38-25)21-17(30)11-16(29)12-18(21)31)26(37)34-13-28(3,15-8-9-15)23-14(7-10-20(35)36)5-4-6-19(23)34/h4-7,10-12,15H,8-9,13H2,1-3H3,(H,35,36)/b10-7+. The van der Waals surface area contributed by atoms with E-state index < -0.39 is 23.0 Å². The van der Waals surface area contributed by atoms with Crippen molar-refractivity contribution in [3.05, 3.63) is 73.9 Å². The molecule has 0 saturated heterocycles. The molecule has 1 aromatic heterocycles. The minimum atomic E-state index is -2.05. The number of aromatic nitrogens is 1. The first kappa shape index (κ1) is 26.7. The average molecular weight is 578 g/mol. The number of nitrogens with zero attached hydrogens (tertiary/aromatic N) is 2. The highest BCUT2D eigenvalue weighted by atomic mass is 35.5. The van der Waals surface area contributed by atoms with Crippen molar-refractivity contribution in [2.24, 2.45) is 5.92 Å². The van der Waals surface area contributed by atoms with E-state index in [1.807, 2.05) is 12.1 Å². The van der Waals surface area contributed by atoms with Crippen molar-refractivity contribution in [2.75, 3.05) is 11.4 Å². The molecular formula is C28H24Cl3FN2O4. The van der Waals surface area contributed by atoms with E-state index in [2.05, 4.69) is 12.1 Å². The van der Waals surface area contributed by atoms with E-state index in [0.717, 1.165) is 30.0 Å². The molecule has 0 spiro atoms. The molecule has 5 rings (SSSR count). The second kappa shape index (κ2) is 9.40. The minimum Gasteiger partial charge on any atom is -0.478 e. The van der Waals surface area contributed by atoms with E-state index in [0.29, 0.717) is 23.2 Å². The largest absolute Gasteiger partial charge is 0.478 e. The quantitative estimate of drug-likeness (QED) is 0.301. The molecule has 6 nitrogen and oxygen atoms in total. The summed E-state index contributed by atoms with van der Waals surface area (Å²) in [6.07, 6.45) is 4.61. The molecule has 2 heterocycles. The van der Waals surface area contributed by atoms with Gasteiger partial charge in [0, 0.05) is 34.3 Å². The number of carboxylic acids is 1. The molecule has 38 heavy (non-hydrogen) atoms. The van der Waals surface area contributed by atoms with Gasteiger partial charge in [0.25, 0.3) is 5.91 Å². The zero-order valence-electron chi connectivity index (χ0n) is 20.8. The number of aliphatic carboxylic acids is 1. The number of carbonyl (C=O) groups excluding carboxylic acids is 1. The van der Waals surface area contributed by atoms with Gasteiger partial charge in [-0.2, -0.15) is 0 Å². The lowest BCUT2D eigenvalue weighted by Crippen LogP contribution is -2.37. The fourth-order valence-corrected chi connectivity index (χ4v) is 6.40. The first-order valence-corrected chi connectivity index (χ1v) is 13.2. The first-order chi connectivity index (χ1) is 17.8. The van der Waals surface area contributed by atoms with Gasteiger partial charge in [0.1, 0.15) is 11.3 Å². The molecule has 0 bridgehead atoms. The molecule has 1 saturated carbocycles. The summed E-state index contributed by atoms with van der Waals surface area (Å²) in [4.78, 5) is 27.2. The van der Waals surface area contributed by atoms with E-state index in [9.17, 15) is 14.7 Å². The molecular weight excluding hydrogens is 554 g/mol. The van der Waals surface area contributed by atoms with Gasteiger partial charge in [0.05, 0.1) is 10.0 Å². The van der Waals surface area contributed by atoms with Crippen molar-refractivity contribution < 1.29 is 23.6 Å². The van der Waals surface area contributed by atoms with E-state index >= 15 is 4.39 Å². The van der Waals surface area contributed by atoms with Gasteiger partial charge in [-0.1, -0.05) is 59.0 Å². The summed E-state index contributed by atoms with van der Waals surface area (Å²) in [5.74, 6) is -1.52. The smallest absolute Gasteiger partial charge is 0.328 e. The maximum Gasteiger partial charge on any atom is 0.328 e. The van der Waals surface area contributed by atoms with Gasteiger partial charge in [-0.15, -0.1) is 0 Å². The monoisotopic (exact) mass is 576 g/mol. The zero-order valence-corrected chi connectivity index (χ0v) is 23.1. The Morgan fingerprint density at radius 2 is 1.87 bits per heavy atom. The summed E-state index contributed by atoms with van der Waals surface area (Å²) in [7, 11) is 0. The Kier molecular flexibility index (Phi) is 6.61. The number of halogens is 4. The molecule has 1 fully saturated rings. The first-order valence-electron chi connectivity index (χ1n) is 12.0. The number of anilines is 1. The number of fused-ring (bicyclic) bond motifs is 1. The van der Waals surface area contributed by atoms with Crippen LogP contribution >= 0.6 is 34.8 Å². The number of hydrogen-bond acceptors (Lipinski definition) is 4. The summed E-state index contributed by atoms with van der Waals surface area (Å²) < 4.78 is 20.8. The van der Waals surface area contributed by atoms with Crippen LogP contribution in [0.3, 0.4) is 0 Å². The summed E-state index contributed by atoms with van der Waals surface area (Å²) >= 11 is 19.0. The lowest BCUT2D eigenvalue weighted by atomic mass is 9.77. The fraction of sp³-hybridized carbons (Fsp3) is 0.321. The van der Waals surface area contributed by atoms with Crippen molar-refractivity contribution in [1.29, 1.82) is 0 Å². The summed E-state index contributed by atoms with van der Waals surface area (Å²) in [6, 6.07) is 8.34. The van der Waals surface area contributed by atoms with Gasteiger partial charge in [0.15, 0.2) is 11.4 Å². The van der Waals surface area contributed by atoms with Crippen LogP contribution in [-0.2, 0) is 15.9 Å². The van der Waals surface area contributed by atoms with Crippen molar-refractivity contribution in [3.63, 3.8) is 0 Å². The van der Waals surface area contributed by atoms with Crippen LogP contribution in [-0.4, -0.2) is 28.7 Å². The van der Waals surface area contributed by atoms with Gasteiger partial charge < -0.3 is 14.5 Å². The maximum absolute atomic E-state index is 15.4. The Morgan fingerprint density at radius 3 is 2.45 bits per heavy atom. The second-order valence-corrected chi connectivity index (χ2v) is 11.7. The Balaban J connectivity index is 1.70. The molecule has 2 aliphatic rings. The predicted molar refractivity (Wildman–Crippen MR) is 146 cm³/mol. The van der Waals surface area contributed by atoms with E-state index in [-0.39, 0.29) is 32.6 Å². The molecule has 1 atom stereocenters. The van der Waals surface area contributed by atoms with Crippen LogP contribution in [0.25, 0.3) is 17.3 Å². The van der Waals surface area contributed by atoms with Crippen molar-refractivity contribution in [3.8, 4) is 11.3 Å². The molecule has 1 N–H and O–H groups in total. The van der Waals surface area contributed by atoms with Crippen molar-refractivity contribution in [1.82, 2.24) is 5.16 Å². The molecule has 2 aromatic carbocycles. The molecule has 198 valence electrons. The Bertz CT molecular complexity index is 1480. The highest BCUT2D eigenvalue weighted by molar-refractivity contribution is 6.42. The average Bonchev–Trinajstić information content (AvgIpc) is 3.51. The molecule has 1 amide bonds. The van der Waals surface area contributed by atoms with Crippen molar-refractivity contribution >= 4 is 58.4 Å². The molecule has 0 radical (unpaired) electrons. The Labute approximate surface area is 234 Å². The van der Waals surface area contributed by atoms with Gasteiger partial charge in [0.2, 0.25) is 0 Å². The van der Waals surface area contributed by atoms with Crippen LogP contribution in [0.4, 0.5) is 10.1 Å². The van der Waals surface area contributed by atoms with Gasteiger partial charge in [-0.25, -0.2) is 9.18 Å². The lowest BCUT2D eigenvalue weighted by Gasteiger charge is -2.27. The van der Waals surface area contributed by atoms with Crippen LogP contribution in [0, 0.1) is 5.92 Å². The number of amides is 1. The number of carbonyl (C=O) groups is 2. The predicted octanol–water partition coefficient (Wildman–Crippen LogP) is 7.93. The third-order valence-corrected chi connectivity index (χ3v) is 8.06. The molecule has 10 heteroatoms. The number of benzene rings is 2. The normalized spacial score (nSPS) is 19.3. The fourth-order valence-electron chi connectivity index (χ4n) is 5.40. The molecule has 1 unspecified atom stereocenters. The van der Waals surface area contributed by atoms with Gasteiger partial charge in [-0.3, -0.25) is 4.79 Å². The van der Waals surface area contributed by atoms with E-state index in [1.165, 1.54) is 26.0 Å². The summed E-state index contributed by atoms with van der Waals surface area (Å²) in [5, 5.41) is 13.8. The zero-order chi connectivity index (χ0) is 27.6. The van der Waals surface area contributed by atoms with Crippen molar-refractivity contribution in [2.45, 2.75) is 44.7 Å². The topological polar surface area (TPSA) is 83.6 Å². The molecule has 3 aromatic rings. The maximum atomic E-state index is 15.4. The van der Waals surface area contributed by atoms with Crippen LogP contribution < -0.4 is 4.90 Å². The Morgan fingerprint density at radius 1 is 1.21 bits per heavy atom. The van der Waals surface area contributed by atoms with Gasteiger partial charge in [-0.05, 0) is 68.0 Å². The number of alkyl halides is 1. The van der Waals surface area contributed by atoms with E-state index in [4.69, 9.17) is 39.3 Å². The summed E-state index contributed by atoms with van der Waals surface area (Å²) in [6.45, 7) is 4.96. The van der Waals surface area contributed by atoms with Crippen LogP contribution in [0.2, 0.25) is 15.1 Å².